The summed E-state index contributed by atoms with van der Waals surface area (Å²) >= 11 is 1.84. The van der Waals surface area contributed by atoms with Crippen molar-refractivity contribution in [3.05, 3.63) is 54.2 Å². The number of halogens is 1. The molecular weight excluding hydrogens is 497 g/mol. The van der Waals surface area contributed by atoms with Gasteiger partial charge in [0.1, 0.15) is 5.82 Å². The predicted molar refractivity (Wildman–Crippen MR) is 133 cm³/mol. The molecule has 1 aliphatic heterocycles. The Morgan fingerprint density at radius 2 is 2.10 bits per heavy atom. The molecule has 1 fully saturated rings. The number of aliphatic imine (C=N–C) groups is 1. The molecule has 2 N–H and O–H groups in total. The van der Waals surface area contributed by atoms with Crippen LogP contribution < -0.4 is 15.5 Å². The third-order valence-electron chi connectivity index (χ3n) is 4.46. The van der Waals surface area contributed by atoms with Crippen molar-refractivity contribution >= 4 is 47.5 Å². The lowest BCUT2D eigenvalue weighted by molar-refractivity contribution is 0.0529. The molecule has 29 heavy (non-hydrogen) atoms. The van der Waals surface area contributed by atoms with Crippen LogP contribution in [0.1, 0.15) is 12.5 Å². The highest BCUT2D eigenvalue weighted by Gasteiger charge is 2.18. The largest absolute Gasteiger partial charge is 0.375 e. The minimum absolute atomic E-state index is 0. The van der Waals surface area contributed by atoms with E-state index in [4.69, 9.17) is 4.74 Å². The van der Waals surface area contributed by atoms with Crippen molar-refractivity contribution in [2.75, 3.05) is 43.9 Å². The summed E-state index contributed by atoms with van der Waals surface area (Å²) in [5.74, 6) is 2.81. The summed E-state index contributed by atoms with van der Waals surface area (Å²) in [4.78, 5) is 12.4. The molecular formula is C21H30IN5OS. The Hall–Kier alpha value is -1.52. The maximum atomic E-state index is 5.62. The molecule has 1 aromatic heterocycles. The fraction of sp³-hybridized carbons (Fsp3) is 0.429. The van der Waals surface area contributed by atoms with Crippen molar-refractivity contribution in [3.8, 4) is 0 Å². The first-order chi connectivity index (χ1) is 13.7. The molecule has 1 saturated heterocycles. The number of aromatic nitrogens is 1. The van der Waals surface area contributed by atoms with Crippen molar-refractivity contribution in [2.24, 2.45) is 4.99 Å². The first-order valence-corrected chi connectivity index (χ1v) is 10.7. The number of nitrogens with zero attached hydrogens (tertiary/aromatic N) is 3. The van der Waals surface area contributed by atoms with Gasteiger partial charge >= 0.3 is 0 Å². The molecule has 0 radical (unpaired) electrons. The molecule has 6 nitrogen and oxygen atoms in total. The van der Waals surface area contributed by atoms with Gasteiger partial charge in [0.25, 0.3) is 0 Å². The van der Waals surface area contributed by atoms with Crippen molar-refractivity contribution in [3.63, 3.8) is 0 Å². The summed E-state index contributed by atoms with van der Waals surface area (Å²) in [7, 11) is 1.80. The van der Waals surface area contributed by atoms with E-state index in [2.05, 4.69) is 62.8 Å². The van der Waals surface area contributed by atoms with Gasteiger partial charge in [0.2, 0.25) is 0 Å². The average Bonchev–Trinajstić information content (AvgIpc) is 2.74. The molecule has 1 aliphatic rings. The lowest BCUT2D eigenvalue weighted by atomic mass is 10.2. The van der Waals surface area contributed by atoms with E-state index in [-0.39, 0.29) is 30.1 Å². The van der Waals surface area contributed by atoms with E-state index in [1.807, 2.05) is 30.1 Å². The Morgan fingerprint density at radius 1 is 1.28 bits per heavy atom. The molecule has 2 heterocycles. The smallest absolute Gasteiger partial charge is 0.191 e. The number of ether oxygens (including phenoxy) is 1. The summed E-state index contributed by atoms with van der Waals surface area (Å²) in [5.41, 5.74) is 1.19. The highest BCUT2D eigenvalue weighted by molar-refractivity contribution is 14.0. The van der Waals surface area contributed by atoms with Crippen LogP contribution in [0.25, 0.3) is 0 Å². The molecule has 0 saturated carbocycles. The second-order valence-corrected chi connectivity index (χ2v) is 7.83. The number of thioether (sulfide) groups is 1. The molecule has 3 rings (SSSR count). The van der Waals surface area contributed by atoms with Gasteiger partial charge in [-0.1, -0.05) is 18.2 Å². The summed E-state index contributed by atoms with van der Waals surface area (Å²) in [6.45, 7) is 6.18. The second kappa shape index (κ2) is 12.9. The van der Waals surface area contributed by atoms with Crippen LogP contribution in [-0.4, -0.2) is 56.1 Å². The lowest BCUT2D eigenvalue weighted by Crippen LogP contribution is -2.41. The molecule has 0 amide bonds. The van der Waals surface area contributed by atoms with E-state index in [9.17, 15) is 0 Å². The maximum Gasteiger partial charge on any atom is 0.191 e. The summed E-state index contributed by atoms with van der Waals surface area (Å²) in [6, 6.07) is 14.6. The fourth-order valence-corrected chi connectivity index (χ4v) is 3.82. The van der Waals surface area contributed by atoms with E-state index < -0.39 is 0 Å². The van der Waals surface area contributed by atoms with Gasteiger partial charge in [-0.05, 0) is 36.8 Å². The second-order valence-electron chi connectivity index (χ2n) is 6.66. The third-order valence-corrected chi connectivity index (χ3v) is 5.48. The monoisotopic (exact) mass is 527 g/mol. The molecule has 0 bridgehead atoms. The molecule has 0 spiro atoms. The van der Waals surface area contributed by atoms with Gasteiger partial charge in [0.05, 0.1) is 12.7 Å². The van der Waals surface area contributed by atoms with Crippen LogP contribution in [0.15, 0.2) is 58.5 Å². The van der Waals surface area contributed by atoms with E-state index in [0.717, 1.165) is 43.8 Å². The summed E-state index contributed by atoms with van der Waals surface area (Å²) in [6.07, 6.45) is 2.12. The molecule has 8 heteroatoms. The topological polar surface area (TPSA) is 61.8 Å². The van der Waals surface area contributed by atoms with Gasteiger partial charge in [0, 0.05) is 50.1 Å². The van der Waals surface area contributed by atoms with Crippen molar-refractivity contribution in [2.45, 2.75) is 24.5 Å². The highest BCUT2D eigenvalue weighted by atomic mass is 127. The third kappa shape index (κ3) is 8.02. The van der Waals surface area contributed by atoms with Crippen molar-refractivity contribution < 1.29 is 4.74 Å². The number of hydrogen-bond acceptors (Lipinski definition) is 5. The quantitative estimate of drug-likeness (QED) is 0.189. The van der Waals surface area contributed by atoms with E-state index >= 15 is 0 Å². The molecule has 2 aromatic rings. The Kier molecular flexibility index (Phi) is 10.6. The van der Waals surface area contributed by atoms with E-state index in [1.54, 1.807) is 7.05 Å². The molecule has 1 unspecified atom stereocenters. The number of benzene rings is 1. The summed E-state index contributed by atoms with van der Waals surface area (Å²) in [5, 5.41) is 6.75. The van der Waals surface area contributed by atoms with Gasteiger partial charge in [-0.2, -0.15) is 0 Å². The predicted octanol–water partition coefficient (Wildman–Crippen LogP) is 3.38. The van der Waals surface area contributed by atoms with Crippen LogP contribution >= 0.6 is 35.7 Å². The summed E-state index contributed by atoms with van der Waals surface area (Å²) < 4.78 is 5.62. The zero-order valence-electron chi connectivity index (χ0n) is 17.0. The molecule has 0 aliphatic carbocycles. The first-order valence-electron chi connectivity index (χ1n) is 9.68. The minimum Gasteiger partial charge on any atom is -0.375 e. The minimum atomic E-state index is 0. The van der Waals surface area contributed by atoms with Gasteiger partial charge in [-0.25, -0.2) is 4.98 Å². The van der Waals surface area contributed by atoms with Crippen molar-refractivity contribution in [1.82, 2.24) is 15.6 Å². The van der Waals surface area contributed by atoms with Crippen LogP contribution in [0.5, 0.6) is 0 Å². The van der Waals surface area contributed by atoms with Crippen LogP contribution in [0, 0.1) is 0 Å². The zero-order chi connectivity index (χ0) is 19.6. The Morgan fingerprint density at radius 3 is 2.86 bits per heavy atom. The van der Waals surface area contributed by atoms with E-state index in [1.165, 1.54) is 10.5 Å². The number of hydrogen-bond donors (Lipinski definition) is 2. The van der Waals surface area contributed by atoms with Crippen LogP contribution in [0.4, 0.5) is 5.82 Å². The maximum absolute atomic E-state index is 5.62. The normalized spacial score (nSPS) is 16.8. The van der Waals surface area contributed by atoms with Crippen LogP contribution in [0.3, 0.4) is 0 Å². The standard InChI is InChI=1S/C21H29N5OS.HI/c1-17-16-26(11-12-27-17)20-14-18(8-9-23-20)15-25-21(22-2)24-10-13-28-19-6-4-3-5-7-19;/h3-9,14,17H,10-13,15-16H2,1-2H3,(H2,22,24,25);1H. The number of pyridine rings is 1. The van der Waals surface area contributed by atoms with Gasteiger partial charge in [0.15, 0.2) is 5.96 Å². The van der Waals surface area contributed by atoms with Gasteiger partial charge < -0.3 is 20.3 Å². The number of nitrogens with one attached hydrogen (secondary N) is 2. The number of anilines is 1. The Balaban J connectivity index is 0.00000300. The molecule has 158 valence electrons. The van der Waals surface area contributed by atoms with Crippen LogP contribution in [0.2, 0.25) is 0 Å². The zero-order valence-corrected chi connectivity index (χ0v) is 20.2. The fourth-order valence-electron chi connectivity index (χ4n) is 3.03. The number of morpholine rings is 1. The van der Waals surface area contributed by atoms with Gasteiger partial charge in [-0.15, -0.1) is 35.7 Å². The number of rotatable bonds is 7. The Bertz CT molecular complexity index is 762. The molecule has 1 atom stereocenters. The molecule has 1 aromatic carbocycles. The van der Waals surface area contributed by atoms with Crippen LogP contribution in [-0.2, 0) is 11.3 Å². The average molecular weight is 527 g/mol. The van der Waals surface area contributed by atoms with Gasteiger partial charge in [-0.3, -0.25) is 4.99 Å². The first kappa shape index (κ1) is 23.8. The van der Waals surface area contributed by atoms with E-state index in [0.29, 0.717) is 6.54 Å². The lowest BCUT2D eigenvalue weighted by Gasteiger charge is -2.32. The SMILES string of the molecule is CN=C(NCCSc1ccccc1)NCc1ccnc(N2CCOC(C)C2)c1.I. The Labute approximate surface area is 194 Å². The number of guanidine groups is 1. The van der Waals surface area contributed by atoms with Crippen molar-refractivity contribution in [1.29, 1.82) is 0 Å². The highest BCUT2D eigenvalue weighted by Crippen LogP contribution is 2.17.